The van der Waals surface area contributed by atoms with Crippen LogP contribution in [0.4, 0.5) is 17.3 Å². The summed E-state index contributed by atoms with van der Waals surface area (Å²) in [7, 11) is 0. The summed E-state index contributed by atoms with van der Waals surface area (Å²) in [5.74, 6) is -0.0745. The van der Waals surface area contributed by atoms with Crippen LogP contribution in [0.25, 0.3) is 0 Å². The highest BCUT2D eigenvalue weighted by atomic mass is 32.2. The van der Waals surface area contributed by atoms with Gasteiger partial charge in [0.1, 0.15) is 11.6 Å². The van der Waals surface area contributed by atoms with E-state index in [2.05, 4.69) is 9.97 Å². The van der Waals surface area contributed by atoms with Crippen LogP contribution in [0.5, 0.6) is 0 Å². The molecule has 6 N–H and O–H groups in total. The Morgan fingerprint density at radius 2 is 1.86 bits per heavy atom. The number of nitrogens with two attached hydrogens (primary N) is 3. The van der Waals surface area contributed by atoms with E-state index in [4.69, 9.17) is 17.2 Å². The Morgan fingerprint density at radius 3 is 2.41 bits per heavy atom. The van der Waals surface area contributed by atoms with Crippen molar-refractivity contribution in [3.05, 3.63) is 45.5 Å². The number of hydrogen-bond donors (Lipinski definition) is 3. The third-order valence-corrected chi connectivity index (χ3v) is 3.56. The number of benzene rings is 1. The summed E-state index contributed by atoms with van der Waals surface area (Å²) in [5.41, 5.74) is 16.5. The fourth-order valence-electron chi connectivity index (χ4n) is 1.68. The molecule has 0 unspecified atom stereocenters. The largest absolute Gasteiger partial charge is 0.383 e. The Bertz CT molecular complexity index is 731. The molecule has 9 nitrogen and oxygen atoms in total. The SMILES string of the molecule is NC(=O)c1ccc(CSc2nc(N)cc(N)n2)c([N+](=O)[O-])c1. The molecule has 0 aliphatic heterocycles. The molecule has 0 saturated carbocycles. The number of thioether (sulfide) groups is 1. The molecule has 0 radical (unpaired) electrons. The molecule has 114 valence electrons. The van der Waals surface area contributed by atoms with Gasteiger partial charge >= 0.3 is 0 Å². The zero-order valence-electron chi connectivity index (χ0n) is 11.2. The van der Waals surface area contributed by atoms with Crippen molar-refractivity contribution in [2.45, 2.75) is 10.9 Å². The van der Waals surface area contributed by atoms with E-state index in [1.54, 1.807) is 0 Å². The number of nitro groups is 1. The van der Waals surface area contributed by atoms with Gasteiger partial charge < -0.3 is 17.2 Å². The average Bonchev–Trinajstić information content (AvgIpc) is 2.43. The lowest BCUT2D eigenvalue weighted by molar-refractivity contribution is -0.385. The quantitative estimate of drug-likeness (QED) is 0.317. The second-order valence-electron chi connectivity index (χ2n) is 4.25. The lowest BCUT2D eigenvalue weighted by Gasteiger charge is -2.05. The minimum absolute atomic E-state index is 0.0740. The second-order valence-corrected chi connectivity index (χ2v) is 5.20. The number of primary amides is 1. The third-order valence-electron chi connectivity index (χ3n) is 2.67. The lowest BCUT2D eigenvalue weighted by atomic mass is 10.1. The van der Waals surface area contributed by atoms with E-state index in [1.165, 1.54) is 18.2 Å². The van der Waals surface area contributed by atoms with E-state index in [9.17, 15) is 14.9 Å². The molecule has 0 fully saturated rings. The Kier molecular flexibility index (Phi) is 4.41. The summed E-state index contributed by atoms with van der Waals surface area (Å²) in [5, 5.41) is 11.4. The van der Waals surface area contributed by atoms with E-state index >= 15 is 0 Å². The first-order chi connectivity index (χ1) is 10.4. The predicted octanol–water partition coefficient (Wildman–Crippen LogP) is 0.940. The smallest absolute Gasteiger partial charge is 0.274 e. The van der Waals surface area contributed by atoms with Crippen molar-refractivity contribution in [2.75, 3.05) is 11.5 Å². The van der Waals surface area contributed by atoms with Crippen LogP contribution in [0.3, 0.4) is 0 Å². The number of nitro benzene ring substituents is 1. The van der Waals surface area contributed by atoms with Gasteiger partial charge in [-0.25, -0.2) is 9.97 Å². The maximum absolute atomic E-state index is 11.1. The van der Waals surface area contributed by atoms with Crippen molar-refractivity contribution >= 4 is 35.0 Å². The molecule has 1 aromatic carbocycles. The first kappa shape index (κ1) is 15.5. The van der Waals surface area contributed by atoms with Crippen LogP contribution in [0, 0.1) is 10.1 Å². The topological polar surface area (TPSA) is 164 Å². The monoisotopic (exact) mass is 320 g/mol. The van der Waals surface area contributed by atoms with Crippen molar-refractivity contribution in [3.8, 4) is 0 Å². The fraction of sp³-hybridized carbons (Fsp3) is 0.0833. The number of nitrogens with zero attached hydrogens (tertiary/aromatic N) is 3. The van der Waals surface area contributed by atoms with Crippen LogP contribution >= 0.6 is 11.8 Å². The standard InChI is InChI=1S/C12H12N6O3S/c13-9-4-10(14)17-12(16-9)22-5-7-2-1-6(11(15)19)3-8(7)18(20)21/h1-4H,5H2,(H2,15,19)(H4,13,14,16,17). The van der Waals surface area contributed by atoms with Crippen molar-refractivity contribution < 1.29 is 9.72 Å². The Morgan fingerprint density at radius 1 is 1.23 bits per heavy atom. The summed E-state index contributed by atoms with van der Waals surface area (Å²) in [6.45, 7) is 0. The molecule has 10 heteroatoms. The van der Waals surface area contributed by atoms with Crippen LogP contribution in [-0.2, 0) is 5.75 Å². The third kappa shape index (κ3) is 3.61. The zero-order valence-corrected chi connectivity index (χ0v) is 12.0. The first-order valence-electron chi connectivity index (χ1n) is 5.97. The summed E-state index contributed by atoms with van der Waals surface area (Å²) in [6.07, 6.45) is 0. The minimum Gasteiger partial charge on any atom is -0.383 e. The van der Waals surface area contributed by atoms with Gasteiger partial charge in [-0.15, -0.1) is 0 Å². The number of aromatic nitrogens is 2. The molecule has 2 aromatic rings. The van der Waals surface area contributed by atoms with Crippen molar-refractivity contribution in [1.82, 2.24) is 9.97 Å². The highest BCUT2D eigenvalue weighted by molar-refractivity contribution is 7.98. The summed E-state index contributed by atoms with van der Waals surface area (Å²) in [6, 6.07) is 5.46. The molecule has 1 amide bonds. The van der Waals surface area contributed by atoms with E-state index in [-0.39, 0.29) is 28.6 Å². The number of hydrogen-bond acceptors (Lipinski definition) is 8. The molecule has 0 aliphatic rings. The number of carbonyl (C=O) groups excluding carboxylic acids is 1. The van der Waals surface area contributed by atoms with Crippen LogP contribution < -0.4 is 17.2 Å². The minimum atomic E-state index is -0.728. The number of carbonyl (C=O) groups is 1. The molecule has 0 saturated heterocycles. The number of amides is 1. The van der Waals surface area contributed by atoms with Gasteiger partial charge in [-0.05, 0) is 6.07 Å². The van der Waals surface area contributed by atoms with Gasteiger partial charge in [-0.3, -0.25) is 14.9 Å². The predicted molar refractivity (Wildman–Crippen MR) is 82.0 cm³/mol. The van der Waals surface area contributed by atoms with Crippen LogP contribution in [0.2, 0.25) is 0 Å². The van der Waals surface area contributed by atoms with Crippen LogP contribution in [0.1, 0.15) is 15.9 Å². The van der Waals surface area contributed by atoms with Crippen LogP contribution in [0.15, 0.2) is 29.4 Å². The molecule has 2 rings (SSSR count). The highest BCUT2D eigenvalue weighted by Gasteiger charge is 2.17. The Hall–Kier alpha value is -2.88. The van der Waals surface area contributed by atoms with Gasteiger partial charge in [-0.2, -0.15) is 0 Å². The molecular formula is C12H12N6O3S. The molecule has 0 aliphatic carbocycles. The van der Waals surface area contributed by atoms with Crippen molar-refractivity contribution in [3.63, 3.8) is 0 Å². The summed E-state index contributed by atoms with van der Waals surface area (Å²) < 4.78 is 0. The van der Waals surface area contributed by atoms with E-state index in [0.29, 0.717) is 10.7 Å². The Balaban J connectivity index is 2.25. The lowest BCUT2D eigenvalue weighted by Crippen LogP contribution is -2.11. The number of anilines is 2. The van der Waals surface area contributed by atoms with Gasteiger partial charge in [0.05, 0.1) is 4.92 Å². The second kappa shape index (κ2) is 6.26. The van der Waals surface area contributed by atoms with Crippen molar-refractivity contribution in [1.29, 1.82) is 0 Å². The molecule has 1 heterocycles. The first-order valence-corrected chi connectivity index (χ1v) is 6.95. The maximum Gasteiger partial charge on any atom is 0.274 e. The molecule has 0 bridgehead atoms. The van der Waals surface area contributed by atoms with Crippen LogP contribution in [-0.4, -0.2) is 20.8 Å². The zero-order chi connectivity index (χ0) is 16.3. The summed E-state index contributed by atoms with van der Waals surface area (Å²) in [4.78, 5) is 29.6. The maximum atomic E-state index is 11.1. The average molecular weight is 320 g/mol. The Labute approximate surface area is 129 Å². The fourth-order valence-corrected chi connectivity index (χ4v) is 2.55. The van der Waals surface area contributed by atoms with Gasteiger partial charge in [0.25, 0.3) is 5.69 Å². The molecule has 0 atom stereocenters. The highest BCUT2D eigenvalue weighted by Crippen LogP contribution is 2.27. The van der Waals surface area contributed by atoms with Gasteiger partial charge in [0.2, 0.25) is 5.91 Å². The normalized spacial score (nSPS) is 10.4. The molecular weight excluding hydrogens is 308 g/mol. The summed E-state index contributed by atoms with van der Waals surface area (Å²) >= 11 is 1.14. The number of rotatable bonds is 5. The van der Waals surface area contributed by atoms with E-state index in [1.807, 2.05) is 0 Å². The van der Waals surface area contributed by atoms with E-state index < -0.39 is 10.8 Å². The van der Waals surface area contributed by atoms with Gasteiger partial charge in [-0.1, -0.05) is 17.8 Å². The molecule has 22 heavy (non-hydrogen) atoms. The van der Waals surface area contributed by atoms with E-state index in [0.717, 1.165) is 17.8 Å². The van der Waals surface area contributed by atoms with Gasteiger partial charge in [0.15, 0.2) is 5.16 Å². The van der Waals surface area contributed by atoms with Gasteiger partial charge in [0, 0.05) is 29.0 Å². The van der Waals surface area contributed by atoms with Crippen molar-refractivity contribution in [2.24, 2.45) is 5.73 Å². The molecule has 0 spiro atoms. The number of nitrogen functional groups attached to an aromatic ring is 2. The molecule has 1 aromatic heterocycles.